The monoisotopic (exact) mass is 300 g/mol. The van der Waals surface area contributed by atoms with Gasteiger partial charge in [-0.1, -0.05) is 15.9 Å². The molecule has 0 aliphatic heterocycles. The molecule has 0 radical (unpaired) electrons. The summed E-state index contributed by atoms with van der Waals surface area (Å²) in [4.78, 5) is 5.12. The number of rotatable bonds is 4. The van der Waals surface area contributed by atoms with E-state index in [0.717, 1.165) is 15.9 Å². The lowest BCUT2D eigenvalue weighted by Gasteiger charge is -2.05. The fraction of sp³-hybridized carbons (Fsp3) is 0.182. The number of halogens is 2. The van der Waals surface area contributed by atoms with Crippen LogP contribution in [0.4, 0.5) is 4.39 Å². The molecule has 2 aromatic rings. The number of hydrogen-bond acceptors (Lipinski definition) is 3. The van der Waals surface area contributed by atoms with Gasteiger partial charge in [-0.05, 0) is 18.2 Å². The van der Waals surface area contributed by atoms with E-state index in [2.05, 4.69) is 26.2 Å². The molecule has 0 saturated heterocycles. The minimum absolute atomic E-state index is 0.181. The number of nitrogens with zero attached hydrogens (tertiary/aromatic N) is 1. The van der Waals surface area contributed by atoms with E-state index in [1.165, 1.54) is 6.07 Å². The molecule has 5 heteroatoms. The zero-order valence-corrected chi connectivity index (χ0v) is 10.8. The van der Waals surface area contributed by atoms with Gasteiger partial charge in [0.05, 0.1) is 5.51 Å². The van der Waals surface area contributed by atoms with Crippen LogP contribution in [0.15, 0.2) is 34.4 Å². The predicted molar refractivity (Wildman–Crippen MR) is 66.8 cm³/mol. The van der Waals surface area contributed by atoms with Gasteiger partial charge < -0.3 is 5.32 Å². The molecule has 84 valence electrons. The van der Waals surface area contributed by atoms with Crippen LogP contribution >= 0.6 is 27.3 Å². The first-order chi connectivity index (χ1) is 7.75. The van der Waals surface area contributed by atoms with Gasteiger partial charge in [0.25, 0.3) is 0 Å². The number of nitrogens with one attached hydrogen (secondary N) is 1. The van der Waals surface area contributed by atoms with Crippen LogP contribution in [-0.4, -0.2) is 4.98 Å². The van der Waals surface area contributed by atoms with E-state index in [9.17, 15) is 4.39 Å². The highest BCUT2D eigenvalue weighted by Gasteiger charge is 2.02. The molecule has 1 heterocycles. The van der Waals surface area contributed by atoms with Crippen LogP contribution in [0.1, 0.15) is 10.4 Å². The number of thiazole rings is 1. The van der Waals surface area contributed by atoms with Crippen LogP contribution in [0.5, 0.6) is 0 Å². The Labute approximate surface area is 106 Å². The number of hydrogen-bond donors (Lipinski definition) is 1. The fourth-order valence-electron chi connectivity index (χ4n) is 1.33. The Morgan fingerprint density at radius 1 is 1.38 bits per heavy atom. The summed E-state index contributed by atoms with van der Waals surface area (Å²) in [6.45, 7) is 1.24. The van der Waals surface area contributed by atoms with Crippen LogP contribution < -0.4 is 5.32 Å². The van der Waals surface area contributed by atoms with E-state index in [-0.39, 0.29) is 5.82 Å². The molecule has 0 aliphatic carbocycles. The molecule has 16 heavy (non-hydrogen) atoms. The molecule has 1 N–H and O–H groups in total. The lowest BCUT2D eigenvalue weighted by molar-refractivity contribution is 0.588. The topological polar surface area (TPSA) is 24.9 Å². The summed E-state index contributed by atoms with van der Waals surface area (Å²) in [5.74, 6) is -0.181. The third-order valence-corrected chi connectivity index (χ3v) is 3.38. The van der Waals surface area contributed by atoms with Gasteiger partial charge in [0.1, 0.15) is 5.82 Å². The van der Waals surface area contributed by atoms with Crippen LogP contribution in [-0.2, 0) is 13.1 Å². The van der Waals surface area contributed by atoms with Crippen molar-refractivity contribution < 1.29 is 4.39 Å². The highest BCUT2D eigenvalue weighted by Crippen LogP contribution is 2.15. The molecule has 0 fully saturated rings. The highest BCUT2D eigenvalue weighted by atomic mass is 79.9. The molecule has 0 saturated carbocycles. The van der Waals surface area contributed by atoms with Gasteiger partial charge in [0.15, 0.2) is 0 Å². The van der Waals surface area contributed by atoms with Crippen molar-refractivity contribution in [1.29, 1.82) is 0 Å². The quantitative estimate of drug-likeness (QED) is 0.937. The standard InChI is InChI=1S/C11H10BrFN2S/c12-9-1-2-11(13)8(3-9)4-14-5-10-6-15-7-16-10/h1-3,6-7,14H,4-5H2. The second-order valence-corrected chi connectivity index (χ2v) is 5.19. The third-order valence-electron chi connectivity index (χ3n) is 2.11. The van der Waals surface area contributed by atoms with Crippen LogP contribution in [0.25, 0.3) is 0 Å². The molecular weight excluding hydrogens is 291 g/mol. The molecule has 1 aromatic carbocycles. The molecular formula is C11H10BrFN2S. The van der Waals surface area contributed by atoms with Crippen molar-refractivity contribution in [3.63, 3.8) is 0 Å². The fourth-order valence-corrected chi connectivity index (χ4v) is 2.30. The number of aromatic nitrogens is 1. The second-order valence-electron chi connectivity index (χ2n) is 3.31. The van der Waals surface area contributed by atoms with Gasteiger partial charge in [-0.2, -0.15) is 0 Å². The molecule has 0 unspecified atom stereocenters. The maximum absolute atomic E-state index is 13.4. The van der Waals surface area contributed by atoms with Gasteiger partial charge in [0.2, 0.25) is 0 Å². The van der Waals surface area contributed by atoms with Gasteiger partial charge in [-0.15, -0.1) is 11.3 Å². The Morgan fingerprint density at radius 3 is 3.00 bits per heavy atom. The molecule has 0 aliphatic rings. The summed E-state index contributed by atoms with van der Waals surface area (Å²) in [7, 11) is 0. The van der Waals surface area contributed by atoms with E-state index in [4.69, 9.17) is 0 Å². The molecule has 0 bridgehead atoms. The Balaban J connectivity index is 1.92. The predicted octanol–water partition coefficient (Wildman–Crippen LogP) is 3.33. The van der Waals surface area contributed by atoms with Crippen LogP contribution in [0.3, 0.4) is 0 Å². The lowest BCUT2D eigenvalue weighted by atomic mass is 10.2. The summed E-state index contributed by atoms with van der Waals surface area (Å²) in [5, 5.41) is 3.18. The van der Waals surface area contributed by atoms with Crippen molar-refractivity contribution in [1.82, 2.24) is 10.3 Å². The van der Waals surface area contributed by atoms with E-state index >= 15 is 0 Å². The van der Waals surface area contributed by atoms with Crippen molar-refractivity contribution in [2.24, 2.45) is 0 Å². The largest absolute Gasteiger partial charge is 0.308 e. The van der Waals surface area contributed by atoms with Gasteiger partial charge in [0, 0.05) is 34.2 Å². The molecule has 0 amide bonds. The highest BCUT2D eigenvalue weighted by molar-refractivity contribution is 9.10. The van der Waals surface area contributed by atoms with Crippen molar-refractivity contribution in [3.05, 3.63) is 50.6 Å². The third kappa shape index (κ3) is 3.10. The SMILES string of the molecule is Fc1ccc(Br)cc1CNCc1cncs1. The maximum Gasteiger partial charge on any atom is 0.127 e. The second kappa shape index (κ2) is 5.52. The summed E-state index contributed by atoms with van der Waals surface area (Å²) in [6.07, 6.45) is 1.81. The summed E-state index contributed by atoms with van der Waals surface area (Å²) >= 11 is 4.91. The lowest BCUT2D eigenvalue weighted by Crippen LogP contribution is -2.12. The summed E-state index contributed by atoms with van der Waals surface area (Å²) in [5.41, 5.74) is 2.45. The molecule has 2 nitrogen and oxygen atoms in total. The molecule has 0 atom stereocenters. The first kappa shape index (κ1) is 11.7. The zero-order valence-electron chi connectivity index (χ0n) is 8.41. The number of benzene rings is 1. The Morgan fingerprint density at radius 2 is 2.25 bits per heavy atom. The Bertz CT molecular complexity index is 459. The van der Waals surface area contributed by atoms with E-state index in [0.29, 0.717) is 12.1 Å². The normalized spacial score (nSPS) is 10.6. The minimum Gasteiger partial charge on any atom is -0.308 e. The first-order valence-corrected chi connectivity index (χ1v) is 6.45. The summed E-state index contributed by atoms with van der Waals surface area (Å²) in [6, 6.07) is 4.95. The average molecular weight is 301 g/mol. The average Bonchev–Trinajstić information content (AvgIpc) is 2.76. The summed E-state index contributed by atoms with van der Waals surface area (Å²) < 4.78 is 14.3. The van der Waals surface area contributed by atoms with Crippen molar-refractivity contribution in [2.75, 3.05) is 0 Å². The zero-order chi connectivity index (χ0) is 11.4. The first-order valence-electron chi connectivity index (χ1n) is 4.78. The molecule has 0 spiro atoms. The van der Waals surface area contributed by atoms with E-state index in [1.54, 1.807) is 29.0 Å². The van der Waals surface area contributed by atoms with E-state index < -0.39 is 0 Å². The van der Waals surface area contributed by atoms with E-state index in [1.807, 2.05) is 6.20 Å². The van der Waals surface area contributed by atoms with Gasteiger partial charge in [-0.25, -0.2) is 4.39 Å². The maximum atomic E-state index is 13.4. The van der Waals surface area contributed by atoms with Crippen LogP contribution in [0.2, 0.25) is 0 Å². The smallest absolute Gasteiger partial charge is 0.127 e. The Hall–Kier alpha value is -0.780. The van der Waals surface area contributed by atoms with Crippen molar-refractivity contribution in [2.45, 2.75) is 13.1 Å². The molecule has 2 rings (SSSR count). The van der Waals surface area contributed by atoms with Gasteiger partial charge in [-0.3, -0.25) is 4.98 Å². The van der Waals surface area contributed by atoms with Crippen LogP contribution in [0, 0.1) is 5.82 Å². The van der Waals surface area contributed by atoms with Gasteiger partial charge >= 0.3 is 0 Å². The van der Waals surface area contributed by atoms with Crippen molar-refractivity contribution in [3.8, 4) is 0 Å². The minimum atomic E-state index is -0.181. The van der Waals surface area contributed by atoms with Crippen molar-refractivity contribution >= 4 is 27.3 Å². The Kier molecular flexibility index (Phi) is 4.04. The molecule has 1 aromatic heterocycles.